The normalized spacial score (nSPS) is 11.7. The van der Waals surface area contributed by atoms with Gasteiger partial charge in [0.25, 0.3) is 5.91 Å². The highest BCUT2D eigenvalue weighted by atomic mass is 16.5. The van der Waals surface area contributed by atoms with Gasteiger partial charge in [0.2, 0.25) is 0 Å². The molecule has 0 aliphatic heterocycles. The van der Waals surface area contributed by atoms with Crippen molar-refractivity contribution in [2.75, 3.05) is 13.7 Å². The molecule has 0 aliphatic carbocycles. The van der Waals surface area contributed by atoms with Gasteiger partial charge in [-0.1, -0.05) is 31.2 Å². The van der Waals surface area contributed by atoms with Crippen LogP contribution in [0.3, 0.4) is 0 Å². The van der Waals surface area contributed by atoms with Gasteiger partial charge in [0, 0.05) is 0 Å². The van der Waals surface area contributed by atoms with Crippen molar-refractivity contribution in [2.45, 2.75) is 33.2 Å². The van der Waals surface area contributed by atoms with Gasteiger partial charge in [-0.05, 0) is 55.2 Å². The molecule has 1 atom stereocenters. The third kappa shape index (κ3) is 4.51. The number of benzene rings is 2. The summed E-state index contributed by atoms with van der Waals surface area (Å²) >= 11 is 0. The van der Waals surface area contributed by atoms with Crippen LogP contribution < -0.4 is 14.8 Å². The molecule has 0 aliphatic rings. The Labute approximate surface area is 143 Å². The van der Waals surface area contributed by atoms with Gasteiger partial charge in [-0.15, -0.1) is 0 Å². The summed E-state index contributed by atoms with van der Waals surface area (Å²) in [7, 11) is 1.64. The summed E-state index contributed by atoms with van der Waals surface area (Å²) in [6.07, 6.45) is 0.807. The SMILES string of the molecule is CC[C@@H](NC(=O)COc1cccc(C)c1C)c1ccc(OC)cc1. The number of ether oxygens (including phenoxy) is 2. The number of aryl methyl sites for hydroxylation is 1. The summed E-state index contributed by atoms with van der Waals surface area (Å²) in [5.41, 5.74) is 3.27. The summed E-state index contributed by atoms with van der Waals surface area (Å²) in [5, 5.41) is 3.02. The van der Waals surface area contributed by atoms with Crippen LogP contribution in [0.2, 0.25) is 0 Å². The van der Waals surface area contributed by atoms with Crippen molar-refractivity contribution in [1.29, 1.82) is 0 Å². The van der Waals surface area contributed by atoms with Gasteiger partial charge < -0.3 is 14.8 Å². The zero-order valence-corrected chi connectivity index (χ0v) is 14.8. The fraction of sp³-hybridized carbons (Fsp3) is 0.350. The number of nitrogens with one attached hydrogen (secondary N) is 1. The molecule has 2 rings (SSSR count). The van der Waals surface area contributed by atoms with Crippen molar-refractivity contribution in [2.24, 2.45) is 0 Å². The molecule has 4 heteroatoms. The van der Waals surface area contributed by atoms with Crippen LogP contribution in [0, 0.1) is 13.8 Å². The van der Waals surface area contributed by atoms with E-state index in [0.29, 0.717) is 0 Å². The molecular formula is C20H25NO3. The molecule has 0 radical (unpaired) electrons. The molecule has 0 aromatic heterocycles. The molecular weight excluding hydrogens is 302 g/mol. The molecule has 1 N–H and O–H groups in total. The predicted molar refractivity (Wildman–Crippen MR) is 95.6 cm³/mol. The van der Waals surface area contributed by atoms with Gasteiger partial charge in [-0.2, -0.15) is 0 Å². The minimum atomic E-state index is -0.126. The largest absolute Gasteiger partial charge is 0.497 e. The maximum atomic E-state index is 12.2. The monoisotopic (exact) mass is 327 g/mol. The molecule has 0 unspecified atom stereocenters. The first-order chi connectivity index (χ1) is 11.5. The molecule has 0 saturated carbocycles. The van der Waals surface area contributed by atoms with Crippen LogP contribution in [0.4, 0.5) is 0 Å². The molecule has 2 aromatic carbocycles. The highest BCUT2D eigenvalue weighted by Gasteiger charge is 2.14. The van der Waals surface area contributed by atoms with E-state index < -0.39 is 0 Å². The predicted octanol–water partition coefficient (Wildman–Crippen LogP) is 3.96. The maximum Gasteiger partial charge on any atom is 0.258 e. The Morgan fingerprint density at radius 1 is 1.12 bits per heavy atom. The number of rotatable bonds is 7. The smallest absolute Gasteiger partial charge is 0.258 e. The van der Waals surface area contributed by atoms with Crippen LogP contribution >= 0.6 is 0 Å². The Hall–Kier alpha value is -2.49. The molecule has 0 bridgehead atoms. The number of amides is 1. The van der Waals surface area contributed by atoms with Gasteiger partial charge in [0.1, 0.15) is 11.5 Å². The van der Waals surface area contributed by atoms with E-state index in [4.69, 9.17) is 9.47 Å². The first kappa shape index (κ1) is 17.9. The second-order valence-electron chi connectivity index (χ2n) is 5.79. The molecule has 24 heavy (non-hydrogen) atoms. The fourth-order valence-electron chi connectivity index (χ4n) is 2.52. The zero-order chi connectivity index (χ0) is 17.5. The van der Waals surface area contributed by atoms with E-state index in [-0.39, 0.29) is 18.6 Å². The lowest BCUT2D eigenvalue weighted by Crippen LogP contribution is -2.32. The van der Waals surface area contributed by atoms with Gasteiger partial charge in [0.15, 0.2) is 6.61 Å². The molecule has 0 spiro atoms. The third-order valence-corrected chi connectivity index (χ3v) is 4.18. The van der Waals surface area contributed by atoms with Gasteiger partial charge in [-0.3, -0.25) is 4.79 Å². The average molecular weight is 327 g/mol. The van der Waals surface area contributed by atoms with Crippen molar-refractivity contribution in [1.82, 2.24) is 5.32 Å². The van der Waals surface area contributed by atoms with Crippen LogP contribution in [-0.4, -0.2) is 19.6 Å². The molecule has 0 fully saturated rings. The van der Waals surface area contributed by atoms with Crippen molar-refractivity contribution in [3.8, 4) is 11.5 Å². The topological polar surface area (TPSA) is 47.6 Å². The van der Waals surface area contributed by atoms with Crippen LogP contribution in [-0.2, 0) is 4.79 Å². The molecule has 0 heterocycles. The zero-order valence-electron chi connectivity index (χ0n) is 14.8. The van der Waals surface area contributed by atoms with Gasteiger partial charge in [0.05, 0.1) is 13.2 Å². The lowest BCUT2D eigenvalue weighted by Gasteiger charge is -2.18. The van der Waals surface area contributed by atoms with E-state index in [2.05, 4.69) is 5.32 Å². The number of carbonyl (C=O) groups is 1. The number of hydrogen-bond acceptors (Lipinski definition) is 3. The Balaban J connectivity index is 1.95. The van der Waals surface area contributed by atoms with E-state index in [1.165, 1.54) is 0 Å². The van der Waals surface area contributed by atoms with Crippen LogP contribution in [0.25, 0.3) is 0 Å². The van der Waals surface area contributed by atoms with E-state index >= 15 is 0 Å². The quantitative estimate of drug-likeness (QED) is 0.837. The minimum Gasteiger partial charge on any atom is -0.497 e. The number of carbonyl (C=O) groups excluding carboxylic acids is 1. The Morgan fingerprint density at radius 2 is 1.83 bits per heavy atom. The van der Waals surface area contributed by atoms with Crippen LogP contribution in [0.5, 0.6) is 11.5 Å². The molecule has 2 aromatic rings. The Bertz CT molecular complexity index is 680. The van der Waals surface area contributed by atoms with Crippen molar-refractivity contribution >= 4 is 5.91 Å². The molecule has 4 nitrogen and oxygen atoms in total. The second-order valence-corrected chi connectivity index (χ2v) is 5.79. The van der Waals surface area contributed by atoms with Crippen LogP contribution in [0.15, 0.2) is 42.5 Å². The molecule has 128 valence electrons. The lowest BCUT2D eigenvalue weighted by molar-refractivity contribution is -0.123. The van der Waals surface area contributed by atoms with E-state index in [9.17, 15) is 4.79 Å². The fourth-order valence-corrected chi connectivity index (χ4v) is 2.52. The lowest BCUT2D eigenvalue weighted by atomic mass is 10.0. The van der Waals surface area contributed by atoms with Gasteiger partial charge >= 0.3 is 0 Å². The average Bonchev–Trinajstić information content (AvgIpc) is 2.61. The number of hydrogen-bond donors (Lipinski definition) is 1. The Morgan fingerprint density at radius 3 is 2.46 bits per heavy atom. The Kier molecular flexibility index (Phi) is 6.24. The van der Waals surface area contributed by atoms with E-state index in [1.807, 2.05) is 63.2 Å². The summed E-state index contributed by atoms with van der Waals surface area (Å²) in [6.45, 7) is 6.07. The van der Waals surface area contributed by atoms with Crippen LogP contribution in [0.1, 0.15) is 36.1 Å². The summed E-state index contributed by atoms with van der Waals surface area (Å²) in [4.78, 5) is 12.2. The summed E-state index contributed by atoms with van der Waals surface area (Å²) in [6, 6.07) is 13.5. The highest BCUT2D eigenvalue weighted by Crippen LogP contribution is 2.21. The van der Waals surface area contributed by atoms with Gasteiger partial charge in [-0.25, -0.2) is 0 Å². The van der Waals surface area contributed by atoms with Crippen molar-refractivity contribution in [3.05, 3.63) is 59.2 Å². The second kappa shape index (κ2) is 8.39. The summed E-state index contributed by atoms with van der Waals surface area (Å²) in [5.74, 6) is 1.43. The number of methoxy groups -OCH3 is 1. The third-order valence-electron chi connectivity index (χ3n) is 4.18. The summed E-state index contributed by atoms with van der Waals surface area (Å²) < 4.78 is 10.8. The molecule has 0 saturated heterocycles. The van der Waals surface area contributed by atoms with Crippen molar-refractivity contribution < 1.29 is 14.3 Å². The molecule has 1 amide bonds. The maximum absolute atomic E-state index is 12.2. The highest BCUT2D eigenvalue weighted by molar-refractivity contribution is 5.78. The van der Waals surface area contributed by atoms with E-state index in [0.717, 1.165) is 34.6 Å². The van der Waals surface area contributed by atoms with E-state index in [1.54, 1.807) is 7.11 Å². The first-order valence-corrected chi connectivity index (χ1v) is 8.17. The minimum absolute atomic E-state index is 0.0109. The standard InChI is InChI=1S/C20H25NO3/c1-5-18(16-9-11-17(23-4)12-10-16)21-20(22)13-24-19-8-6-7-14(2)15(19)3/h6-12,18H,5,13H2,1-4H3,(H,21,22)/t18-/m1/s1. The first-order valence-electron chi connectivity index (χ1n) is 8.17. The van der Waals surface area contributed by atoms with Crippen molar-refractivity contribution in [3.63, 3.8) is 0 Å².